The van der Waals surface area contributed by atoms with Crippen molar-refractivity contribution in [1.82, 2.24) is 19.1 Å². The van der Waals surface area contributed by atoms with Gasteiger partial charge in [-0.15, -0.1) is 0 Å². The van der Waals surface area contributed by atoms with Crippen molar-refractivity contribution < 1.29 is 5.32 Å². The topological polar surface area (TPSA) is 88.5 Å². The van der Waals surface area contributed by atoms with Gasteiger partial charge < -0.3 is 4.57 Å². The number of para-hydroxylation sites is 2. The minimum Gasteiger partial charge on any atom is -0.316 e. The van der Waals surface area contributed by atoms with E-state index in [1.165, 1.54) is 0 Å². The number of quaternary nitrogens is 1. The zero-order valence-corrected chi connectivity index (χ0v) is 23.1. The van der Waals surface area contributed by atoms with Crippen molar-refractivity contribution in [2.45, 2.75) is 0 Å². The zero-order chi connectivity index (χ0) is 28.8. The molecule has 0 atom stereocenters. The van der Waals surface area contributed by atoms with E-state index in [9.17, 15) is 5.41 Å². The fourth-order valence-corrected chi connectivity index (χ4v) is 5.94. The lowest BCUT2D eigenvalue weighted by Gasteiger charge is -2.12. The number of aliphatic imine (C=N–C) groups is 1. The number of benzene rings is 4. The maximum Gasteiger partial charge on any atom is 0.240 e. The van der Waals surface area contributed by atoms with Crippen LogP contribution in [0.25, 0.3) is 55.4 Å². The maximum absolute atomic E-state index is 9.37. The van der Waals surface area contributed by atoms with Crippen LogP contribution < -0.4 is 5.32 Å². The summed E-state index contributed by atoms with van der Waals surface area (Å²) in [7, 11) is 0. The van der Waals surface area contributed by atoms with Gasteiger partial charge in [0.25, 0.3) is 0 Å². The fraction of sp³-hybridized carbons (Fsp3) is 0. The molecule has 4 aromatic carbocycles. The van der Waals surface area contributed by atoms with Crippen molar-refractivity contribution in [1.29, 1.82) is 5.41 Å². The molecule has 3 aromatic heterocycles. The van der Waals surface area contributed by atoms with E-state index in [1.54, 1.807) is 12.4 Å². The number of aromatic nitrogens is 4. The van der Waals surface area contributed by atoms with Crippen molar-refractivity contribution in [3.05, 3.63) is 146 Å². The second-order valence-electron chi connectivity index (χ2n) is 10.4. The highest BCUT2D eigenvalue weighted by atomic mass is 15.2. The first kappa shape index (κ1) is 24.8. The van der Waals surface area contributed by atoms with Gasteiger partial charge in [-0.25, -0.2) is 9.97 Å². The van der Waals surface area contributed by atoms with E-state index in [2.05, 4.69) is 75.3 Å². The minimum absolute atomic E-state index is 0.160. The molecule has 0 unspecified atom stereocenters. The highest BCUT2D eigenvalue weighted by molar-refractivity contribution is 6.25. The first-order valence-electron chi connectivity index (χ1n) is 14.1. The number of rotatable bonds is 3. The quantitative estimate of drug-likeness (QED) is 0.191. The predicted octanol–water partition coefficient (Wildman–Crippen LogP) is 6.55. The van der Waals surface area contributed by atoms with Crippen molar-refractivity contribution in [2.24, 2.45) is 4.99 Å². The molecule has 7 nitrogen and oxygen atoms in total. The van der Waals surface area contributed by atoms with Crippen molar-refractivity contribution in [2.75, 3.05) is 0 Å². The van der Waals surface area contributed by atoms with Gasteiger partial charge in [0, 0.05) is 46.0 Å². The van der Waals surface area contributed by atoms with Crippen molar-refractivity contribution in [3.8, 4) is 17.1 Å². The number of nitrogens with zero attached hydrogens (tertiary/aromatic N) is 5. The molecule has 8 rings (SSSR count). The Morgan fingerprint density at radius 2 is 1.47 bits per heavy atom. The minimum atomic E-state index is 0.160. The normalized spacial score (nSPS) is 14.1. The highest BCUT2D eigenvalue weighted by Crippen LogP contribution is 2.35. The molecule has 0 saturated carbocycles. The van der Waals surface area contributed by atoms with Crippen LogP contribution in [-0.4, -0.2) is 30.9 Å². The van der Waals surface area contributed by atoms with Gasteiger partial charge >= 0.3 is 0 Å². The van der Waals surface area contributed by atoms with Gasteiger partial charge in [0.15, 0.2) is 5.82 Å². The van der Waals surface area contributed by atoms with E-state index in [-0.39, 0.29) is 5.96 Å². The fourth-order valence-electron chi connectivity index (χ4n) is 5.94. The summed E-state index contributed by atoms with van der Waals surface area (Å²) in [6, 6.07) is 35.0. The first-order valence-corrected chi connectivity index (χ1v) is 14.1. The van der Waals surface area contributed by atoms with Gasteiger partial charge in [-0.1, -0.05) is 66.7 Å². The smallest absolute Gasteiger partial charge is 0.240 e. The molecule has 7 heteroatoms. The van der Waals surface area contributed by atoms with E-state index in [0.717, 1.165) is 60.9 Å². The summed E-state index contributed by atoms with van der Waals surface area (Å²) >= 11 is 0. The Morgan fingerprint density at radius 1 is 0.698 bits per heavy atom. The first-order chi connectivity index (χ1) is 21.3. The standard InChI is InChI=1S/C36H25N7/c37-36(41-35-27(11-6-20-40-35)24-13-15-25(16-14-24)34-38-21-7-22-39-34)43-32-12-5-4-10-28(32)29-17-18-31-30(33(29)43)19-23-42(31)26-8-2-1-3-9-26/h1-23H,(H2,37,40,41)/p+1. The summed E-state index contributed by atoms with van der Waals surface area (Å²) in [6.07, 6.45) is 11.6. The molecule has 0 saturated heterocycles. The molecule has 3 N–H and O–H groups in total. The molecule has 43 heavy (non-hydrogen) atoms. The van der Waals surface area contributed by atoms with Gasteiger partial charge in [0.2, 0.25) is 11.8 Å². The number of amidine groups is 1. The Morgan fingerprint density at radius 3 is 2.30 bits per heavy atom. The van der Waals surface area contributed by atoms with E-state index in [1.807, 2.05) is 76.8 Å². The molecule has 0 bridgehead atoms. The van der Waals surface area contributed by atoms with Crippen LogP contribution >= 0.6 is 0 Å². The molecule has 0 fully saturated rings. The SMILES string of the molecule is N=C(/N=C1\[NH2+]C=CC=C1c1ccc(-c2ncccn2)cc1)n1c2ccccc2c2ccc3c(ccn3-c3ccccc3)c21. The van der Waals surface area contributed by atoms with E-state index in [4.69, 9.17) is 4.99 Å². The van der Waals surface area contributed by atoms with E-state index >= 15 is 0 Å². The number of nitrogens with two attached hydrogens (primary N) is 1. The Labute approximate surface area is 247 Å². The monoisotopic (exact) mass is 556 g/mol. The summed E-state index contributed by atoms with van der Waals surface area (Å²) in [4.78, 5) is 13.7. The van der Waals surface area contributed by atoms with Crippen LogP contribution in [-0.2, 0) is 0 Å². The summed E-state index contributed by atoms with van der Waals surface area (Å²) in [5.41, 5.74) is 7.02. The molecule has 1 aliphatic rings. The lowest BCUT2D eigenvalue weighted by Crippen LogP contribution is -2.83. The zero-order valence-electron chi connectivity index (χ0n) is 23.1. The Hall–Kier alpha value is -5.92. The van der Waals surface area contributed by atoms with Crippen LogP contribution in [0.1, 0.15) is 5.56 Å². The third-order valence-electron chi connectivity index (χ3n) is 7.90. The number of fused-ring (bicyclic) bond motifs is 5. The molecular weight excluding hydrogens is 530 g/mol. The third-order valence-corrected chi connectivity index (χ3v) is 7.90. The van der Waals surface area contributed by atoms with Gasteiger partial charge in [0.05, 0.1) is 28.3 Å². The molecule has 0 radical (unpaired) electrons. The second kappa shape index (κ2) is 10.2. The second-order valence-corrected chi connectivity index (χ2v) is 10.4. The number of nitrogens with one attached hydrogen (secondary N) is 1. The summed E-state index contributed by atoms with van der Waals surface area (Å²) < 4.78 is 4.17. The number of allylic oxidation sites excluding steroid dienone is 2. The maximum atomic E-state index is 9.37. The van der Waals surface area contributed by atoms with Crippen LogP contribution in [0, 0.1) is 5.41 Å². The number of hydrogen-bond acceptors (Lipinski definition) is 3. The molecular formula is C36H26N7+. The summed E-state index contributed by atoms with van der Waals surface area (Å²) in [5.74, 6) is 1.58. The average molecular weight is 557 g/mol. The third kappa shape index (κ3) is 4.18. The molecule has 7 aromatic rings. The lowest BCUT2D eigenvalue weighted by molar-refractivity contribution is -0.459. The van der Waals surface area contributed by atoms with Crippen LogP contribution in [0.3, 0.4) is 0 Å². The van der Waals surface area contributed by atoms with Crippen molar-refractivity contribution >= 4 is 50.1 Å². The summed E-state index contributed by atoms with van der Waals surface area (Å²) in [6.45, 7) is 0. The van der Waals surface area contributed by atoms with E-state index in [0.29, 0.717) is 5.82 Å². The van der Waals surface area contributed by atoms with E-state index < -0.39 is 0 Å². The molecule has 1 aliphatic heterocycles. The molecule has 0 spiro atoms. The van der Waals surface area contributed by atoms with Crippen LogP contribution in [0.15, 0.2) is 145 Å². The molecule has 0 aliphatic carbocycles. The largest absolute Gasteiger partial charge is 0.316 e. The van der Waals surface area contributed by atoms with Crippen LogP contribution in [0.4, 0.5) is 0 Å². The predicted molar refractivity (Wildman–Crippen MR) is 173 cm³/mol. The summed E-state index contributed by atoms with van der Waals surface area (Å²) in [5, 5.41) is 14.6. The Balaban J connectivity index is 1.25. The molecule has 4 heterocycles. The van der Waals surface area contributed by atoms with Crippen LogP contribution in [0.5, 0.6) is 0 Å². The molecule has 0 amide bonds. The molecule has 204 valence electrons. The number of hydrogen-bond donors (Lipinski definition) is 2. The lowest BCUT2D eigenvalue weighted by atomic mass is 10.0. The van der Waals surface area contributed by atoms with Gasteiger partial charge in [-0.2, -0.15) is 4.99 Å². The average Bonchev–Trinajstić information content (AvgIpc) is 3.66. The Kier molecular flexibility index (Phi) is 5.87. The van der Waals surface area contributed by atoms with Gasteiger partial charge in [-0.05, 0) is 54.1 Å². The highest BCUT2D eigenvalue weighted by Gasteiger charge is 2.21. The van der Waals surface area contributed by atoms with Gasteiger partial charge in [-0.3, -0.25) is 15.3 Å². The van der Waals surface area contributed by atoms with Crippen LogP contribution in [0.2, 0.25) is 0 Å². The van der Waals surface area contributed by atoms with Gasteiger partial charge in [0.1, 0.15) is 0 Å². The van der Waals surface area contributed by atoms with Crippen molar-refractivity contribution in [3.63, 3.8) is 0 Å². The Bertz CT molecular complexity index is 2250.